The van der Waals surface area contributed by atoms with E-state index in [4.69, 9.17) is 26.1 Å². The molecule has 2 heterocycles. The van der Waals surface area contributed by atoms with Gasteiger partial charge in [-0.3, -0.25) is 9.89 Å². The molecule has 0 aliphatic carbocycles. The predicted octanol–water partition coefficient (Wildman–Crippen LogP) is 4.28. The van der Waals surface area contributed by atoms with E-state index in [0.717, 1.165) is 46.8 Å². The number of benzene rings is 2. The molecule has 0 spiro atoms. The molecule has 2 aliphatic heterocycles. The summed E-state index contributed by atoms with van der Waals surface area (Å²) in [4.78, 5) is 6.94. The van der Waals surface area contributed by atoms with Crippen LogP contribution in [0.15, 0.2) is 47.5 Å². The quantitative estimate of drug-likeness (QED) is 0.765. The molecule has 6 heteroatoms. The Kier molecular flexibility index (Phi) is 5.11. The molecule has 4 nitrogen and oxygen atoms in total. The van der Waals surface area contributed by atoms with Crippen molar-refractivity contribution in [2.45, 2.75) is 11.4 Å². The van der Waals surface area contributed by atoms with Crippen LogP contribution in [0.3, 0.4) is 0 Å². The zero-order chi connectivity index (χ0) is 18.1. The molecular formula is C20H21ClN2O2S. The first-order chi connectivity index (χ1) is 12.6. The van der Waals surface area contributed by atoms with Crippen molar-refractivity contribution in [2.24, 2.45) is 4.99 Å². The van der Waals surface area contributed by atoms with Gasteiger partial charge >= 0.3 is 0 Å². The molecule has 1 unspecified atom stereocenters. The lowest BCUT2D eigenvalue weighted by Gasteiger charge is -2.36. The van der Waals surface area contributed by atoms with Gasteiger partial charge in [0, 0.05) is 23.7 Å². The van der Waals surface area contributed by atoms with Crippen LogP contribution < -0.4 is 9.47 Å². The first kappa shape index (κ1) is 17.7. The molecule has 0 aromatic heterocycles. The van der Waals surface area contributed by atoms with E-state index in [-0.39, 0.29) is 6.10 Å². The van der Waals surface area contributed by atoms with Crippen molar-refractivity contribution in [3.8, 4) is 11.5 Å². The molecule has 2 aliphatic rings. The summed E-state index contributed by atoms with van der Waals surface area (Å²) in [5, 5.41) is 2.09. The fraction of sp³-hybridized carbons (Fsp3) is 0.350. The summed E-state index contributed by atoms with van der Waals surface area (Å²) in [6.07, 6.45) is 0.250. The average molecular weight is 389 g/mol. The third-order valence-electron chi connectivity index (χ3n) is 4.63. The van der Waals surface area contributed by atoms with Crippen LogP contribution in [0.4, 0.5) is 0 Å². The van der Waals surface area contributed by atoms with E-state index in [1.54, 1.807) is 18.9 Å². The SMILES string of the molecule is COc1cc(C2CN=C(c3ccc(Cl)cc3)S2)ccc1OC1CN(C)C1. The Morgan fingerprint density at radius 2 is 1.88 bits per heavy atom. The molecule has 1 atom stereocenters. The van der Waals surface area contributed by atoms with Crippen LogP contribution in [-0.2, 0) is 0 Å². The third-order valence-corrected chi connectivity index (χ3v) is 6.18. The van der Waals surface area contributed by atoms with Crippen molar-refractivity contribution in [2.75, 3.05) is 33.8 Å². The van der Waals surface area contributed by atoms with Crippen molar-refractivity contribution in [1.29, 1.82) is 0 Å². The molecular weight excluding hydrogens is 368 g/mol. The topological polar surface area (TPSA) is 34.1 Å². The second kappa shape index (κ2) is 7.51. The van der Waals surface area contributed by atoms with Gasteiger partial charge in [0.1, 0.15) is 6.10 Å². The Hall–Kier alpha value is -1.69. The number of nitrogens with zero attached hydrogens (tertiary/aromatic N) is 2. The number of halogens is 1. The van der Waals surface area contributed by atoms with Gasteiger partial charge in [-0.15, -0.1) is 0 Å². The largest absolute Gasteiger partial charge is 0.493 e. The highest BCUT2D eigenvalue weighted by Crippen LogP contribution is 2.41. The number of hydrogen-bond acceptors (Lipinski definition) is 5. The molecule has 0 radical (unpaired) electrons. The van der Waals surface area contributed by atoms with Crippen LogP contribution in [0, 0.1) is 0 Å². The number of likely N-dealkylation sites (N-methyl/N-ethyl adjacent to an activating group) is 1. The standard InChI is InChI=1S/C20H21ClN2O2S/c1-23-11-16(12-23)25-17-8-5-14(9-18(17)24-2)19-10-22-20(26-19)13-3-6-15(21)7-4-13/h3-9,16,19H,10-12H2,1-2H3. The number of methoxy groups -OCH3 is 1. The van der Waals surface area contributed by atoms with Gasteiger partial charge in [0.15, 0.2) is 11.5 Å². The first-order valence-corrected chi connectivity index (χ1v) is 9.88. The number of hydrogen-bond donors (Lipinski definition) is 0. The van der Waals surface area contributed by atoms with Gasteiger partial charge in [-0.1, -0.05) is 41.6 Å². The van der Waals surface area contributed by atoms with Crippen molar-refractivity contribution < 1.29 is 9.47 Å². The molecule has 4 rings (SSSR count). The van der Waals surface area contributed by atoms with Crippen molar-refractivity contribution in [1.82, 2.24) is 4.90 Å². The van der Waals surface area contributed by atoms with E-state index >= 15 is 0 Å². The van der Waals surface area contributed by atoms with Gasteiger partial charge in [-0.05, 0) is 36.9 Å². The van der Waals surface area contributed by atoms with Gasteiger partial charge in [0.25, 0.3) is 0 Å². The summed E-state index contributed by atoms with van der Waals surface area (Å²) >= 11 is 7.76. The summed E-state index contributed by atoms with van der Waals surface area (Å²) in [6.45, 7) is 2.68. The first-order valence-electron chi connectivity index (χ1n) is 8.62. The Balaban J connectivity index is 1.46. The maximum atomic E-state index is 6.05. The summed E-state index contributed by atoms with van der Waals surface area (Å²) < 4.78 is 11.6. The smallest absolute Gasteiger partial charge is 0.161 e. The molecule has 0 saturated carbocycles. The zero-order valence-corrected chi connectivity index (χ0v) is 16.4. The van der Waals surface area contributed by atoms with Gasteiger partial charge < -0.3 is 9.47 Å². The fourth-order valence-electron chi connectivity index (χ4n) is 3.18. The van der Waals surface area contributed by atoms with Crippen LogP contribution in [0.5, 0.6) is 11.5 Å². The van der Waals surface area contributed by atoms with Gasteiger partial charge in [0.05, 0.1) is 23.9 Å². The average Bonchev–Trinajstić information content (AvgIpc) is 3.11. The maximum absolute atomic E-state index is 6.05. The maximum Gasteiger partial charge on any atom is 0.161 e. The molecule has 0 bridgehead atoms. The number of ether oxygens (including phenoxy) is 2. The lowest BCUT2D eigenvalue weighted by molar-refractivity contribution is 0.0369. The molecule has 0 N–H and O–H groups in total. The lowest BCUT2D eigenvalue weighted by atomic mass is 10.1. The fourth-order valence-corrected chi connectivity index (χ4v) is 4.43. The molecule has 2 aromatic rings. The van der Waals surface area contributed by atoms with Crippen LogP contribution in [0.1, 0.15) is 16.4 Å². The number of aliphatic imine (C=N–C) groups is 1. The van der Waals surface area contributed by atoms with Crippen molar-refractivity contribution >= 4 is 28.4 Å². The number of likely N-dealkylation sites (tertiary alicyclic amines) is 1. The summed E-state index contributed by atoms with van der Waals surface area (Å²) in [5.74, 6) is 1.61. The van der Waals surface area contributed by atoms with E-state index in [1.807, 2.05) is 30.3 Å². The van der Waals surface area contributed by atoms with Gasteiger partial charge in [-0.25, -0.2) is 0 Å². The second-order valence-corrected chi connectivity index (χ2v) is 8.26. The molecule has 0 amide bonds. The van der Waals surface area contributed by atoms with E-state index in [0.29, 0.717) is 5.25 Å². The minimum Gasteiger partial charge on any atom is -0.493 e. The van der Waals surface area contributed by atoms with Crippen LogP contribution in [-0.4, -0.2) is 49.8 Å². The van der Waals surface area contributed by atoms with Crippen LogP contribution in [0.2, 0.25) is 5.02 Å². The predicted molar refractivity (Wildman–Crippen MR) is 108 cm³/mol. The van der Waals surface area contributed by atoms with Crippen LogP contribution in [0.25, 0.3) is 0 Å². The minimum absolute atomic E-state index is 0.250. The molecule has 26 heavy (non-hydrogen) atoms. The molecule has 1 saturated heterocycles. The molecule has 2 aromatic carbocycles. The number of thioether (sulfide) groups is 1. The molecule has 136 valence electrons. The Bertz CT molecular complexity index is 819. The summed E-state index contributed by atoms with van der Waals surface area (Å²) in [7, 11) is 3.78. The van der Waals surface area contributed by atoms with Crippen LogP contribution >= 0.6 is 23.4 Å². The highest BCUT2D eigenvalue weighted by atomic mass is 35.5. The second-order valence-electron chi connectivity index (χ2n) is 6.63. The highest BCUT2D eigenvalue weighted by molar-refractivity contribution is 8.14. The van der Waals surface area contributed by atoms with E-state index in [1.165, 1.54) is 5.56 Å². The number of rotatable bonds is 5. The van der Waals surface area contributed by atoms with E-state index < -0.39 is 0 Å². The monoisotopic (exact) mass is 388 g/mol. The Morgan fingerprint density at radius 3 is 2.58 bits per heavy atom. The highest BCUT2D eigenvalue weighted by Gasteiger charge is 2.27. The minimum atomic E-state index is 0.250. The summed E-state index contributed by atoms with van der Waals surface area (Å²) in [6, 6.07) is 14.1. The normalized spacial score (nSPS) is 20.6. The Morgan fingerprint density at radius 1 is 1.12 bits per heavy atom. The van der Waals surface area contributed by atoms with Crippen molar-refractivity contribution in [3.05, 3.63) is 58.6 Å². The van der Waals surface area contributed by atoms with Gasteiger partial charge in [-0.2, -0.15) is 0 Å². The van der Waals surface area contributed by atoms with E-state index in [9.17, 15) is 0 Å². The van der Waals surface area contributed by atoms with Gasteiger partial charge in [0.2, 0.25) is 0 Å². The van der Waals surface area contributed by atoms with E-state index in [2.05, 4.69) is 24.1 Å². The summed E-state index contributed by atoms with van der Waals surface area (Å²) in [5.41, 5.74) is 2.32. The zero-order valence-electron chi connectivity index (χ0n) is 14.8. The lowest BCUT2D eigenvalue weighted by Crippen LogP contribution is -2.51. The third kappa shape index (κ3) is 3.70. The molecule has 1 fully saturated rings. The Labute approximate surface area is 163 Å². The van der Waals surface area contributed by atoms with Crippen molar-refractivity contribution in [3.63, 3.8) is 0 Å².